The van der Waals surface area contributed by atoms with Crippen LogP contribution in [0.1, 0.15) is 26.3 Å². The zero-order chi connectivity index (χ0) is 18.6. The van der Waals surface area contributed by atoms with Gasteiger partial charge in [-0.25, -0.2) is 9.69 Å². The van der Waals surface area contributed by atoms with Gasteiger partial charge in [0, 0.05) is 12.6 Å². The molecule has 132 valence electrons. The molecule has 0 aliphatic carbocycles. The normalized spacial score (nSPS) is 23.0. The SMILES string of the molecule is CN1C(=O)C(O)(C2=CCN(C(=O)OC(C)(C)C)C2=O)c2ccccc21. The van der Waals surface area contributed by atoms with Crippen molar-refractivity contribution in [3.8, 4) is 0 Å². The third-order valence-electron chi connectivity index (χ3n) is 4.23. The lowest BCUT2D eigenvalue weighted by atomic mass is 9.87. The molecule has 0 saturated heterocycles. The number of carbonyl (C=O) groups is 3. The number of hydrogen-bond acceptors (Lipinski definition) is 5. The third kappa shape index (κ3) is 2.51. The zero-order valence-electron chi connectivity index (χ0n) is 14.6. The van der Waals surface area contributed by atoms with Gasteiger partial charge >= 0.3 is 6.09 Å². The quantitative estimate of drug-likeness (QED) is 0.835. The average Bonchev–Trinajstić information content (AvgIpc) is 3.00. The molecule has 2 aliphatic heterocycles. The molecule has 0 bridgehead atoms. The molecule has 0 radical (unpaired) electrons. The van der Waals surface area contributed by atoms with Gasteiger partial charge in [0.25, 0.3) is 11.8 Å². The molecule has 25 heavy (non-hydrogen) atoms. The summed E-state index contributed by atoms with van der Waals surface area (Å²) in [6.45, 7) is 5.03. The summed E-state index contributed by atoms with van der Waals surface area (Å²) in [5.41, 5.74) is -2.13. The molecule has 1 atom stereocenters. The molecular weight excluding hydrogens is 324 g/mol. The van der Waals surface area contributed by atoms with E-state index in [1.54, 1.807) is 45.0 Å². The summed E-state index contributed by atoms with van der Waals surface area (Å²) >= 11 is 0. The summed E-state index contributed by atoms with van der Waals surface area (Å²) in [4.78, 5) is 39.8. The summed E-state index contributed by atoms with van der Waals surface area (Å²) < 4.78 is 5.21. The van der Waals surface area contributed by atoms with Crippen molar-refractivity contribution in [2.75, 3.05) is 18.5 Å². The summed E-state index contributed by atoms with van der Waals surface area (Å²) in [6, 6.07) is 6.71. The Hall–Kier alpha value is -2.67. The lowest BCUT2D eigenvalue weighted by Crippen LogP contribution is -2.45. The van der Waals surface area contributed by atoms with Crippen LogP contribution < -0.4 is 4.90 Å². The molecule has 2 aliphatic rings. The van der Waals surface area contributed by atoms with E-state index in [2.05, 4.69) is 0 Å². The van der Waals surface area contributed by atoms with Crippen LogP contribution in [0.15, 0.2) is 35.9 Å². The van der Waals surface area contributed by atoms with Gasteiger partial charge in [-0.05, 0) is 26.8 Å². The van der Waals surface area contributed by atoms with Gasteiger partial charge in [0.15, 0.2) is 0 Å². The molecule has 7 heteroatoms. The largest absolute Gasteiger partial charge is 0.443 e. The summed E-state index contributed by atoms with van der Waals surface area (Å²) in [5.74, 6) is -1.35. The average molecular weight is 344 g/mol. The van der Waals surface area contributed by atoms with Crippen molar-refractivity contribution >= 4 is 23.6 Å². The minimum absolute atomic E-state index is 0.0510. The molecule has 3 amide bonds. The third-order valence-corrected chi connectivity index (χ3v) is 4.23. The van der Waals surface area contributed by atoms with Crippen molar-refractivity contribution in [1.29, 1.82) is 0 Å². The number of ether oxygens (including phenoxy) is 1. The summed E-state index contributed by atoms with van der Waals surface area (Å²) in [5, 5.41) is 11.1. The van der Waals surface area contributed by atoms with E-state index in [-0.39, 0.29) is 12.1 Å². The van der Waals surface area contributed by atoms with E-state index in [9.17, 15) is 19.5 Å². The molecule has 0 fully saturated rings. The standard InChI is InChI=1S/C18H20N2O5/c1-17(2,3)25-16(23)20-10-9-12(14(20)21)18(24)11-7-5-6-8-13(11)19(4)15(18)22/h5-9,24H,10H2,1-4H3. The summed E-state index contributed by atoms with van der Waals surface area (Å²) in [6.07, 6.45) is 0.597. The van der Waals surface area contributed by atoms with Gasteiger partial charge < -0.3 is 14.7 Å². The van der Waals surface area contributed by atoms with Gasteiger partial charge in [-0.2, -0.15) is 0 Å². The Morgan fingerprint density at radius 2 is 1.88 bits per heavy atom. The molecule has 0 aromatic heterocycles. The van der Waals surface area contributed by atoms with Crippen molar-refractivity contribution in [1.82, 2.24) is 4.90 Å². The van der Waals surface area contributed by atoms with E-state index in [0.29, 0.717) is 11.3 Å². The van der Waals surface area contributed by atoms with Crippen LogP contribution >= 0.6 is 0 Å². The van der Waals surface area contributed by atoms with E-state index < -0.39 is 29.1 Å². The second-order valence-electron chi connectivity index (χ2n) is 7.11. The molecule has 0 saturated carbocycles. The van der Waals surface area contributed by atoms with E-state index >= 15 is 0 Å². The Balaban J connectivity index is 1.95. The van der Waals surface area contributed by atoms with Crippen LogP contribution in [0.4, 0.5) is 10.5 Å². The van der Waals surface area contributed by atoms with Gasteiger partial charge in [-0.3, -0.25) is 9.59 Å². The minimum atomic E-state index is -2.10. The molecule has 1 aromatic carbocycles. The number of para-hydroxylation sites is 1. The number of nitrogens with zero attached hydrogens (tertiary/aromatic N) is 2. The van der Waals surface area contributed by atoms with Gasteiger partial charge in [-0.15, -0.1) is 0 Å². The number of aliphatic hydroxyl groups is 1. The van der Waals surface area contributed by atoms with Crippen molar-refractivity contribution in [3.05, 3.63) is 41.5 Å². The zero-order valence-corrected chi connectivity index (χ0v) is 14.6. The number of rotatable bonds is 1. The van der Waals surface area contributed by atoms with Crippen LogP contribution in [0.2, 0.25) is 0 Å². The van der Waals surface area contributed by atoms with E-state index in [1.807, 2.05) is 0 Å². The lowest BCUT2D eigenvalue weighted by Gasteiger charge is -2.26. The Morgan fingerprint density at radius 1 is 1.24 bits per heavy atom. The lowest BCUT2D eigenvalue weighted by molar-refractivity contribution is -0.137. The first-order valence-electron chi connectivity index (χ1n) is 7.93. The Bertz CT molecular complexity index is 808. The predicted octanol–water partition coefficient (Wildman–Crippen LogP) is 1.55. The van der Waals surface area contributed by atoms with Crippen molar-refractivity contribution in [2.24, 2.45) is 0 Å². The van der Waals surface area contributed by atoms with Crippen LogP contribution in [-0.4, -0.2) is 47.1 Å². The first-order chi connectivity index (χ1) is 11.6. The highest BCUT2D eigenvalue weighted by Gasteiger charge is 2.55. The Morgan fingerprint density at radius 3 is 2.52 bits per heavy atom. The Kier molecular flexibility index (Phi) is 3.72. The number of hydrogen-bond donors (Lipinski definition) is 1. The van der Waals surface area contributed by atoms with E-state index in [1.165, 1.54) is 18.0 Å². The minimum Gasteiger partial charge on any atom is -0.443 e. The molecule has 1 unspecified atom stereocenters. The van der Waals surface area contributed by atoms with Crippen LogP contribution in [-0.2, 0) is 19.9 Å². The molecule has 7 nitrogen and oxygen atoms in total. The maximum absolute atomic E-state index is 12.7. The molecule has 0 spiro atoms. The van der Waals surface area contributed by atoms with E-state index in [0.717, 1.165) is 4.90 Å². The van der Waals surface area contributed by atoms with Crippen LogP contribution in [0, 0.1) is 0 Å². The van der Waals surface area contributed by atoms with Gasteiger partial charge in [0.2, 0.25) is 5.60 Å². The smallest absolute Gasteiger partial charge is 0.417 e. The first-order valence-corrected chi connectivity index (χ1v) is 7.93. The van der Waals surface area contributed by atoms with Crippen LogP contribution in [0.25, 0.3) is 0 Å². The van der Waals surface area contributed by atoms with E-state index in [4.69, 9.17) is 4.74 Å². The summed E-state index contributed by atoms with van der Waals surface area (Å²) in [7, 11) is 1.53. The molecule has 2 heterocycles. The second kappa shape index (κ2) is 5.42. The second-order valence-corrected chi connectivity index (χ2v) is 7.11. The van der Waals surface area contributed by atoms with Crippen molar-refractivity contribution < 1.29 is 24.2 Å². The highest BCUT2D eigenvalue weighted by Crippen LogP contribution is 2.45. The number of anilines is 1. The predicted molar refractivity (Wildman–Crippen MR) is 89.8 cm³/mol. The number of imide groups is 1. The maximum atomic E-state index is 12.7. The van der Waals surface area contributed by atoms with Crippen LogP contribution in [0.5, 0.6) is 0 Å². The topological polar surface area (TPSA) is 87.2 Å². The monoisotopic (exact) mass is 344 g/mol. The fraction of sp³-hybridized carbons (Fsp3) is 0.389. The first kappa shape index (κ1) is 17.2. The number of likely N-dealkylation sites (N-methyl/N-ethyl adjacent to an activating group) is 1. The fourth-order valence-corrected chi connectivity index (χ4v) is 3.07. The van der Waals surface area contributed by atoms with Crippen molar-refractivity contribution in [3.63, 3.8) is 0 Å². The number of amides is 3. The van der Waals surface area contributed by atoms with Gasteiger partial charge in [0.1, 0.15) is 5.60 Å². The van der Waals surface area contributed by atoms with Gasteiger partial charge in [0.05, 0.1) is 17.8 Å². The molecule has 1 N–H and O–H groups in total. The molecular formula is C18H20N2O5. The fourth-order valence-electron chi connectivity index (χ4n) is 3.07. The molecule has 3 rings (SSSR count). The number of carbonyl (C=O) groups excluding carboxylic acids is 3. The highest BCUT2D eigenvalue weighted by molar-refractivity contribution is 6.17. The number of benzene rings is 1. The Labute approximate surface area is 145 Å². The van der Waals surface area contributed by atoms with Gasteiger partial charge in [-0.1, -0.05) is 24.3 Å². The molecule has 1 aromatic rings. The van der Waals surface area contributed by atoms with Crippen LogP contribution in [0.3, 0.4) is 0 Å². The van der Waals surface area contributed by atoms with Crippen molar-refractivity contribution in [2.45, 2.75) is 32.0 Å². The highest BCUT2D eigenvalue weighted by atomic mass is 16.6. The number of fused-ring (bicyclic) bond motifs is 1. The maximum Gasteiger partial charge on any atom is 0.417 e.